The van der Waals surface area contributed by atoms with Crippen LogP contribution in [-0.2, 0) is 9.59 Å². The number of imide groups is 1. The first kappa shape index (κ1) is 12.1. The van der Waals surface area contributed by atoms with Crippen LogP contribution in [0.3, 0.4) is 0 Å². The summed E-state index contributed by atoms with van der Waals surface area (Å²) in [6.45, 7) is 2.85. The second-order valence-corrected chi connectivity index (χ2v) is 4.48. The van der Waals surface area contributed by atoms with Gasteiger partial charge in [-0.05, 0) is 13.8 Å². The van der Waals surface area contributed by atoms with Crippen LogP contribution in [0, 0.1) is 0 Å². The van der Waals surface area contributed by atoms with Gasteiger partial charge in [0.1, 0.15) is 12.1 Å². The van der Waals surface area contributed by atoms with Gasteiger partial charge in [0, 0.05) is 6.20 Å². The average molecular weight is 251 g/mol. The number of nitrogens with zero attached hydrogens (tertiary/aromatic N) is 2. The number of anilines is 1. The van der Waals surface area contributed by atoms with E-state index in [0.717, 1.165) is 4.90 Å². The molecule has 8 nitrogen and oxygen atoms in total. The standard InChI is InChI=1S/C10H13N5O3/c1-10(2)8(17)15(9(18)14-10)5-7(16)13-6-3-11-12-4-6/h3-4H,5H2,1-2H3,(H,11,12)(H,13,16)(H,14,18). The zero-order valence-electron chi connectivity index (χ0n) is 9.98. The van der Waals surface area contributed by atoms with E-state index in [1.54, 1.807) is 13.8 Å². The number of H-pyrrole nitrogens is 1. The first-order chi connectivity index (χ1) is 8.40. The number of carbonyl (C=O) groups excluding carboxylic acids is 3. The first-order valence-corrected chi connectivity index (χ1v) is 5.33. The summed E-state index contributed by atoms with van der Waals surface area (Å²) in [6, 6.07) is -0.563. The fraction of sp³-hybridized carbons (Fsp3) is 0.400. The van der Waals surface area contributed by atoms with Crippen molar-refractivity contribution in [3.8, 4) is 0 Å². The summed E-state index contributed by atoms with van der Waals surface area (Å²) in [4.78, 5) is 35.9. The van der Waals surface area contributed by atoms with Gasteiger partial charge in [-0.15, -0.1) is 0 Å². The molecular weight excluding hydrogens is 238 g/mol. The van der Waals surface area contributed by atoms with Gasteiger partial charge < -0.3 is 10.6 Å². The fourth-order valence-electron chi connectivity index (χ4n) is 1.62. The third kappa shape index (κ3) is 2.17. The molecule has 1 saturated heterocycles. The van der Waals surface area contributed by atoms with E-state index in [1.807, 2.05) is 0 Å². The molecule has 0 spiro atoms. The molecule has 96 valence electrons. The molecule has 1 aromatic heterocycles. The SMILES string of the molecule is CC1(C)NC(=O)N(CC(=O)Nc2cn[nH]c2)C1=O. The molecule has 1 aromatic rings. The Hall–Kier alpha value is -2.38. The van der Waals surface area contributed by atoms with E-state index in [9.17, 15) is 14.4 Å². The van der Waals surface area contributed by atoms with Crippen molar-refractivity contribution in [2.45, 2.75) is 19.4 Å². The molecule has 2 heterocycles. The Labute approximate surface area is 103 Å². The van der Waals surface area contributed by atoms with Crippen molar-refractivity contribution in [2.75, 3.05) is 11.9 Å². The molecule has 1 aliphatic rings. The number of hydrogen-bond donors (Lipinski definition) is 3. The minimum Gasteiger partial charge on any atom is -0.324 e. The number of aromatic amines is 1. The van der Waals surface area contributed by atoms with Crippen LogP contribution in [0.15, 0.2) is 12.4 Å². The van der Waals surface area contributed by atoms with Crippen molar-refractivity contribution in [3.05, 3.63) is 12.4 Å². The quantitative estimate of drug-likeness (QED) is 0.640. The van der Waals surface area contributed by atoms with Crippen LogP contribution in [0.25, 0.3) is 0 Å². The van der Waals surface area contributed by atoms with Gasteiger partial charge in [0.2, 0.25) is 5.91 Å². The number of nitrogens with one attached hydrogen (secondary N) is 3. The van der Waals surface area contributed by atoms with Gasteiger partial charge in [-0.2, -0.15) is 5.10 Å². The Morgan fingerprint density at radius 2 is 2.22 bits per heavy atom. The molecule has 18 heavy (non-hydrogen) atoms. The minimum atomic E-state index is -0.965. The number of hydrogen-bond acceptors (Lipinski definition) is 4. The van der Waals surface area contributed by atoms with Gasteiger partial charge in [0.25, 0.3) is 5.91 Å². The number of amides is 4. The maximum atomic E-state index is 11.8. The van der Waals surface area contributed by atoms with Gasteiger partial charge in [-0.3, -0.25) is 19.6 Å². The Morgan fingerprint density at radius 1 is 1.50 bits per heavy atom. The number of carbonyl (C=O) groups is 3. The van der Waals surface area contributed by atoms with Gasteiger partial charge in [-0.1, -0.05) is 0 Å². The first-order valence-electron chi connectivity index (χ1n) is 5.33. The Bertz CT molecular complexity index is 494. The largest absolute Gasteiger partial charge is 0.325 e. The Kier molecular flexibility index (Phi) is 2.77. The molecule has 0 bridgehead atoms. The van der Waals surface area contributed by atoms with Crippen molar-refractivity contribution < 1.29 is 14.4 Å². The molecule has 2 rings (SSSR count). The molecule has 0 aromatic carbocycles. The van der Waals surface area contributed by atoms with Crippen LogP contribution in [0.5, 0.6) is 0 Å². The minimum absolute atomic E-state index is 0.320. The highest BCUT2D eigenvalue weighted by Gasteiger charge is 2.44. The van der Waals surface area contributed by atoms with Crippen molar-refractivity contribution in [2.24, 2.45) is 0 Å². The third-order valence-electron chi connectivity index (χ3n) is 2.53. The third-order valence-corrected chi connectivity index (χ3v) is 2.53. The summed E-state index contributed by atoms with van der Waals surface area (Å²) < 4.78 is 0. The maximum absolute atomic E-state index is 11.8. The van der Waals surface area contributed by atoms with Crippen molar-refractivity contribution in [1.82, 2.24) is 20.4 Å². The normalized spacial score (nSPS) is 17.8. The Balaban J connectivity index is 2.00. The zero-order valence-corrected chi connectivity index (χ0v) is 9.98. The van der Waals surface area contributed by atoms with Gasteiger partial charge in [0.05, 0.1) is 11.9 Å². The van der Waals surface area contributed by atoms with Gasteiger partial charge in [-0.25, -0.2) is 4.79 Å². The van der Waals surface area contributed by atoms with Crippen LogP contribution >= 0.6 is 0 Å². The van der Waals surface area contributed by atoms with Crippen LogP contribution in [0.4, 0.5) is 10.5 Å². The van der Waals surface area contributed by atoms with E-state index in [0.29, 0.717) is 5.69 Å². The molecule has 1 aliphatic heterocycles. The summed E-state index contributed by atoms with van der Waals surface area (Å²) in [5, 5.41) is 11.2. The maximum Gasteiger partial charge on any atom is 0.325 e. The van der Waals surface area contributed by atoms with Gasteiger partial charge >= 0.3 is 6.03 Å². The van der Waals surface area contributed by atoms with E-state index in [1.165, 1.54) is 12.4 Å². The number of urea groups is 1. The summed E-state index contributed by atoms with van der Waals surface area (Å²) in [6.07, 6.45) is 2.92. The Morgan fingerprint density at radius 3 is 2.72 bits per heavy atom. The number of aromatic nitrogens is 2. The lowest BCUT2D eigenvalue weighted by Crippen LogP contribution is -2.41. The van der Waals surface area contributed by atoms with Gasteiger partial charge in [0.15, 0.2) is 0 Å². The lowest BCUT2D eigenvalue weighted by Gasteiger charge is -2.15. The number of rotatable bonds is 3. The van der Waals surface area contributed by atoms with E-state index in [-0.39, 0.29) is 6.54 Å². The molecule has 0 aliphatic carbocycles. The highest BCUT2D eigenvalue weighted by Crippen LogP contribution is 2.16. The van der Waals surface area contributed by atoms with Crippen molar-refractivity contribution >= 4 is 23.5 Å². The molecule has 8 heteroatoms. The summed E-state index contributed by atoms with van der Waals surface area (Å²) >= 11 is 0. The second kappa shape index (κ2) is 4.13. The molecule has 0 saturated carbocycles. The molecule has 0 radical (unpaired) electrons. The molecular formula is C10H13N5O3. The molecule has 3 N–H and O–H groups in total. The second-order valence-electron chi connectivity index (χ2n) is 4.48. The summed E-state index contributed by atoms with van der Waals surface area (Å²) in [5.41, 5.74) is -0.487. The highest BCUT2D eigenvalue weighted by molar-refractivity contribution is 6.09. The van der Waals surface area contributed by atoms with E-state index < -0.39 is 23.4 Å². The molecule has 0 atom stereocenters. The predicted octanol–water partition coefficient (Wildman–Crippen LogP) is -0.321. The van der Waals surface area contributed by atoms with Crippen LogP contribution < -0.4 is 10.6 Å². The van der Waals surface area contributed by atoms with Crippen molar-refractivity contribution in [3.63, 3.8) is 0 Å². The summed E-state index contributed by atoms with van der Waals surface area (Å²) in [7, 11) is 0. The monoisotopic (exact) mass is 251 g/mol. The smallest absolute Gasteiger partial charge is 0.324 e. The van der Waals surface area contributed by atoms with Crippen LogP contribution in [0.2, 0.25) is 0 Å². The predicted molar refractivity (Wildman–Crippen MR) is 61.5 cm³/mol. The lowest BCUT2D eigenvalue weighted by molar-refractivity contribution is -0.132. The summed E-state index contributed by atoms with van der Waals surface area (Å²) in [5.74, 6) is -0.882. The lowest BCUT2D eigenvalue weighted by atomic mass is 10.1. The van der Waals surface area contributed by atoms with E-state index >= 15 is 0 Å². The zero-order chi connectivity index (χ0) is 13.3. The van der Waals surface area contributed by atoms with E-state index in [4.69, 9.17) is 0 Å². The molecule has 4 amide bonds. The molecule has 0 unspecified atom stereocenters. The highest BCUT2D eigenvalue weighted by atomic mass is 16.2. The fourth-order valence-corrected chi connectivity index (χ4v) is 1.62. The molecule has 1 fully saturated rings. The van der Waals surface area contributed by atoms with E-state index in [2.05, 4.69) is 20.8 Å². The van der Waals surface area contributed by atoms with Crippen molar-refractivity contribution in [1.29, 1.82) is 0 Å². The van der Waals surface area contributed by atoms with Crippen LogP contribution in [-0.4, -0.2) is 45.0 Å². The average Bonchev–Trinajstić information content (AvgIpc) is 2.82. The van der Waals surface area contributed by atoms with Crippen LogP contribution in [0.1, 0.15) is 13.8 Å². The topological polar surface area (TPSA) is 107 Å².